The first-order valence-electron chi connectivity index (χ1n) is 10.7. The summed E-state index contributed by atoms with van der Waals surface area (Å²) in [7, 11) is 0. The summed E-state index contributed by atoms with van der Waals surface area (Å²) in [5.74, 6) is 0.548. The number of rotatable bonds is 7. The van der Waals surface area contributed by atoms with Crippen LogP contribution in [0.4, 0.5) is 4.39 Å². The second-order valence-corrected chi connectivity index (χ2v) is 7.73. The highest BCUT2D eigenvalue weighted by molar-refractivity contribution is 14.0. The quantitative estimate of drug-likeness (QED) is 0.311. The molecule has 0 aliphatic carbocycles. The van der Waals surface area contributed by atoms with Crippen molar-refractivity contribution in [2.24, 2.45) is 4.99 Å². The smallest absolute Gasteiger partial charge is 0.192 e. The van der Waals surface area contributed by atoms with Gasteiger partial charge in [0.15, 0.2) is 5.96 Å². The van der Waals surface area contributed by atoms with Crippen LogP contribution < -0.4 is 10.6 Å². The predicted molar refractivity (Wildman–Crippen MR) is 135 cm³/mol. The lowest BCUT2D eigenvalue weighted by Gasteiger charge is -2.27. The van der Waals surface area contributed by atoms with E-state index in [1.807, 2.05) is 26.0 Å². The Morgan fingerprint density at radius 3 is 2.55 bits per heavy atom. The van der Waals surface area contributed by atoms with Gasteiger partial charge in [-0.1, -0.05) is 36.4 Å². The zero-order valence-electron chi connectivity index (χ0n) is 18.7. The molecule has 1 aliphatic heterocycles. The Morgan fingerprint density at radius 2 is 1.87 bits per heavy atom. The van der Waals surface area contributed by atoms with Gasteiger partial charge in [0, 0.05) is 26.2 Å². The van der Waals surface area contributed by atoms with E-state index in [1.165, 1.54) is 11.1 Å². The van der Waals surface area contributed by atoms with Crippen LogP contribution in [-0.2, 0) is 17.8 Å². The molecule has 7 heteroatoms. The van der Waals surface area contributed by atoms with Crippen molar-refractivity contribution in [3.63, 3.8) is 0 Å². The minimum atomic E-state index is -0.180. The molecule has 2 aromatic rings. The average molecular weight is 540 g/mol. The summed E-state index contributed by atoms with van der Waals surface area (Å²) in [6.07, 6.45) is 0. The lowest BCUT2D eigenvalue weighted by atomic mass is 10.1. The van der Waals surface area contributed by atoms with Crippen LogP contribution in [0.25, 0.3) is 0 Å². The Kier molecular flexibility index (Phi) is 10.7. The topological polar surface area (TPSA) is 48.9 Å². The summed E-state index contributed by atoms with van der Waals surface area (Å²) in [5, 5.41) is 6.70. The number of halogens is 2. The van der Waals surface area contributed by atoms with E-state index in [2.05, 4.69) is 39.8 Å². The second-order valence-electron chi connectivity index (χ2n) is 7.73. The van der Waals surface area contributed by atoms with Gasteiger partial charge in [-0.2, -0.15) is 0 Å². The Labute approximate surface area is 202 Å². The molecule has 2 N–H and O–H groups in total. The van der Waals surface area contributed by atoms with E-state index in [0.717, 1.165) is 50.9 Å². The normalized spacial score (nSPS) is 15.8. The van der Waals surface area contributed by atoms with Crippen molar-refractivity contribution >= 4 is 29.9 Å². The molecule has 170 valence electrons. The van der Waals surface area contributed by atoms with Crippen LogP contribution in [0, 0.1) is 12.7 Å². The van der Waals surface area contributed by atoms with Crippen molar-refractivity contribution in [2.75, 3.05) is 32.8 Å². The van der Waals surface area contributed by atoms with E-state index in [9.17, 15) is 4.39 Å². The van der Waals surface area contributed by atoms with Gasteiger partial charge in [0.25, 0.3) is 0 Å². The average Bonchev–Trinajstić information content (AvgIpc) is 2.75. The van der Waals surface area contributed by atoms with E-state index < -0.39 is 0 Å². The van der Waals surface area contributed by atoms with Crippen molar-refractivity contribution < 1.29 is 9.13 Å². The molecule has 1 atom stereocenters. The lowest BCUT2D eigenvalue weighted by molar-refractivity contribution is 0.0341. The Bertz CT molecular complexity index is 855. The fourth-order valence-electron chi connectivity index (χ4n) is 3.52. The molecule has 1 aliphatic rings. The van der Waals surface area contributed by atoms with Crippen molar-refractivity contribution in [3.05, 3.63) is 70.5 Å². The molecule has 1 unspecified atom stereocenters. The highest BCUT2D eigenvalue weighted by Gasteiger charge is 2.13. The SMILES string of the molecule is CCNC(=NCc1ccccc1CN1CCOCC1)NC(C)c1ccc(C)c(F)c1.I. The van der Waals surface area contributed by atoms with E-state index in [1.54, 1.807) is 13.0 Å². The fourth-order valence-corrected chi connectivity index (χ4v) is 3.52. The lowest BCUT2D eigenvalue weighted by Crippen LogP contribution is -2.38. The van der Waals surface area contributed by atoms with Gasteiger partial charge in [0.1, 0.15) is 5.82 Å². The number of aliphatic imine (C=N–C) groups is 1. The number of aryl methyl sites for hydroxylation is 1. The molecule has 0 radical (unpaired) electrons. The zero-order chi connectivity index (χ0) is 21.3. The standard InChI is InChI=1S/C24H33FN4O.HI/c1-4-26-24(28-19(3)20-10-9-18(2)23(25)15-20)27-16-21-7-5-6-8-22(21)17-29-11-13-30-14-12-29;/h5-10,15,19H,4,11-14,16-17H2,1-3H3,(H2,26,27,28);1H. The first-order chi connectivity index (χ1) is 14.6. The zero-order valence-corrected chi connectivity index (χ0v) is 21.0. The largest absolute Gasteiger partial charge is 0.379 e. The number of benzene rings is 2. The van der Waals surface area contributed by atoms with Gasteiger partial charge >= 0.3 is 0 Å². The van der Waals surface area contributed by atoms with Crippen molar-refractivity contribution in [1.29, 1.82) is 0 Å². The molecule has 0 bridgehead atoms. The van der Waals surface area contributed by atoms with E-state index in [-0.39, 0.29) is 35.8 Å². The Balaban J connectivity index is 0.00000341. The van der Waals surface area contributed by atoms with Crippen LogP contribution in [0.15, 0.2) is 47.5 Å². The molecule has 1 saturated heterocycles. The number of guanidine groups is 1. The minimum absolute atomic E-state index is 0. The van der Waals surface area contributed by atoms with Gasteiger partial charge in [-0.15, -0.1) is 24.0 Å². The van der Waals surface area contributed by atoms with Gasteiger partial charge in [-0.3, -0.25) is 4.90 Å². The van der Waals surface area contributed by atoms with Gasteiger partial charge in [-0.05, 0) is 49.1 Å². The number of hydrogen-bond donors (Lipinski definition) is 2. The number of nitrogens with zero attached hydrogens (tertiary/aromatic N) is 2. The third-order valence-electron chi connectivity index (χ3n) is 5.42. The maximum Gasteiger partial charge on any atom is 0.192 e. The molecule has 31 heavy (non-hydrogen) atoms. The maximum atomic E-state index is 13.9. The highest BCUT2D eigenvalue weighted by Crippen LogP contribution is 2.17. The van der Waals surface area contributed by atoms with E-state index in [0.29, 0.717) is 12.1 Å². The van der Waals surface area contributed by atoms with E-state index in [4.69, 9.17) is 9.73 Å². The third-order valence-corrected chi connectivity index (χ3v) is 5.42. The Hall–Kier alpha value is -1.71. The van der Waals surface area contributed by atoms with Crippen LogP contribution in [0.2, 0.25) is 0 Å². The maximum absolute atomic E-state index is 13.9. The van der Waals surface area contributed by atoms with Crippen LogP contribution in [0.3, 0.4) is 0 Å². The molecule has 0 spiro atoms. The molecule has 1 heterocycles. The number of ether oxygens (including phenoxy) is 1. The second kappa shape index (κ2) is 13.0. The summed E-state index contributed by atoms with van der Waals surface area (Å²) in [4.78, 5) is 7.22. The number of nitrogens with one attached hydrogen (secondary N) is 2. The van der Waals surface area contributed by atoms with Crippen LogP contribution in [-0.4, -0.2) is 43.7 Å². The molecule has 3 rings (SSSR count). The van der Waals surface area contributed by atoms with Crippen molar-refractivity contribution in [2.45, 2.75) is 39.9 Å². The summed E-state index contributed by atoms with van der Waals surface area (Å²) >= 11 is 0. The molecule has 0 amide bonds. The summed E-state index contributed by atoms with van der Waals surface area (Å²) in [5.41, 5.74) is 4.07. The van der Waals surface area contributed by atoms with Crippen molar-refractivity contribution in [3.8, 4) is 0 Å². The molecule has 5 nitrogen and oxygen atoms in total. The Morgan fingerprint density at radius 1 is 1.16 bits per heavy atom. The van der Waals surface area contributed by atoms with Gasteiger partial charge in [0.05, 0.1) is 25.8 Å². The number of morpholine rings is 1. The van der Waals surface area contributed by atoms with Crippen molar-refractivity contribution in [1.82, 2.24) is 15.5 Å². The summed E-state index contributed by atoms with van der Waals surface area (Å²) in [6, 6.07) is 13.8. The molecular weight excluding hydrogens is 506 g/mol. The monoisotopic (exact) mass is 540 g/mol. The molecule has 2 aromatic carbocycles. The molecule has 0 saturated carbocycles. The summed E-state index contributed by atoms with van der Waals surface area (Å²) in [6.45, 7) is 11.6. The molecule has 0 aromatic heterocycles. The van der Waals surface area contributed by atoms with Gasteiger partial charge in [-0.25, -0.2) is 9.38 Å². The van der Waals surface area contributed by atoms with Gasteiger partial charge in [0.2, 0.25) is 0 Å². The van der Waals surface area contributed by atoms with Gasteiger partial charge < -0.3 is 15.4 Å². The van der Waals surface area contributed by atoms with Crippen LogP contribution in [0.5, 0.6) is 0 Å². The molecule has 1 fully saturated rings. The van der Waals surface area contributed by atoms with E-state index >= 15 is 0 Å². The predicted octanol–water partition coefficient (Wildman–Crippen LogP) is 4.40. The minimum Gasteiger partial charge on any atom is -0.379 e. The first-order valence-corrected chi connectivity index (χ1v) is 10.7. The van der Waals surface area contributed by atoms with Crippen LogP contribution >= 0.6 is 24.0 Å². The fraction of sp³-hybridized carbons (Fsp3) is 0.458. The van der Waals surface area contributed by atoms with Crippen LogP contribution in [0.1, 0.15) is 42.1 Å². The molecular formula is C24H34FIN4O. The third kappa shape index (κ3) is 7.73. The highest BCUT2D eigenvalue weighted by atomic mass is 127. The summed E-state index contributed by atoms with van der Waals surface area (Å²) < 4.78 is 19.4. The first kappa shape index (κ1) is 25.5. The number of hydrogen-bond acceptors (Lipinski definition) is 3.